The maximum absolute atomic E-state index is 12.5. The van der Waals surface area contributed by atoms with Crippen LogP contribution in [0.3, 0.4) is 0 Å². The molecule has 0 spiro atoms. The average Bonchev–Trinajstić information content (AvgIpc) is 2.79. The first-order chi connectivity index (χ1) is 15.0. The Morgan fingerprint density at radius 3 is 2.55 bits per heavy atom. The van der Waals surface area contributed by atoms with E-state index in [1.165, 1.54) is 24.3 Å². The molecule has 2 aliphatic heterocycles. The van der Waals surface area contributed by atoms with Crippen molar-refractivity contribution < 1.29 is 24.0 Å². The second-order valence-corrected chi connectivity index (χ2v) is 7.23. The molecule has 1 saturated heterocycles. The number of ether oxygens (including phenoxy) is 2. The molecular weight excluding hydrogens is 404 g/mol. The first-order valence-electron chi connectivity index (χ1n) is 9.94. The Bertz CT molecular complexity index is 988. The number of nitro benzene ring substituents is 1. The molecule has 2 amide bonds. The number of amides is 2. The molecular formula is C21H22N4O6. The molecule has 2 aliphatic rings. The standard InChI is InChI=1S/C21H22N4O6/c26-20-14-31-19-13-16(22-21(27)15-1-4-17(5-2-15)25(28)29)3-6-18(19)24(20)8-7-23-9-11-30-12-10-23/h1-6,13H,7-12,14H2,(H,22,27). The van der Waals surface area contributed by atoms with Crippen molar-refractivity contribution in [2.45, 2.75) is 0 Å². The van der Waals surface area contributed by atoms with Gasteiger partial charge >= 0.3 is 0 Å². The van der Waals surface area contributed by atoms with Crippen LogP contribution in [-0.2, 0) is 9.53 Å². The van der Waals surface area contributed by atoms with Gasteiger partial charge in [0.05, 0.1) is 23.8 Å². The summed E-state index contributed by atoms with van der Waals surface area (Å²) in [6.07, 6.45) is 0. The summed E-state index contributed by atoms with van der Waals surface area (Å²) in [5.74, 6) is 0.0115. The minimum Gasteiger partial charge on any atom is -0.481 e. The van der Waals surface area contributed by atoms with E-state index < -0.39 is 10.8 Å². The van der Waals surface area contributed by atoms with Crippen molar-refractivity contribution in [1.29, 1.82) is 0 Å². The number of morpholine rings is 1. The smallest absolute Gasteiger partial charge is 0.269 e. The fourth-order valence-corrected chi connectivity index (χ4v) is 3.53. The van der Waals surface area contributed by atoms with Crippen LogP contribution in [0.5, 0.6) is 5.75 Å². The highest BCUT2D eigenvalue weighted by molar-refractivity contribution is 6.05. The molecule has 2 aromatic carbocycles. The van der Waals surface area contributed by atoms with E-state index in [-0.39, 0.29) is 18.2 Å². The van der Waals surface area contributed by atoms with Gasteiger partial charge in [0.1, 0.15) is 5.75 Å². The molecule has 10 nitrogen and oxygen atoms in total. The number of hydrogen-bond donors (Lipinski definition) is 1. The molecule has 31 heavy (non-hydrogen) atoms. The van der Waals surface area contributed by atoms with E-state index in [2.05, 4.69) is 10.2 Å². The molecule has 0 saturated carbocycles. The Morgan fingerprint density at radius 1 is 1.10 bits per heavy atom. The third-order valence-electron chi connectivity index (χ3n) is 5.24. The Kier molecular flexibility index (Phi) is 6.10. The van der Waals surface area contributed by atoms with E-state index in [1.807, 2.05) is 0 Å². The zero-order valence-electron chi connectivity index (χ0n) is 16.8. The van der Waals surface area contributed by atoms with Gasteiger partial charge in [-0.3, -0.25) is 24.6 Å². The van der Waals surface area contributed by atoms with Gasteiger partial charge < -0.3 is 19.7 Å². The number of carbonyl (C=O) groups excluding carboxylic acids is 2. The summed E-state index contributed by atoms with van der Waals surface area (Å²) in [7, 11) is 0. The third-order valence-corrected chi connectivity index (χ3v) is 5.24. The first kappa shape index (κ1) is 20.8. The maximum atomic E-state index is 12.5. The zero-order chi connectivity index (χ0) is 21.8. The van der Waals surface area contributed by atoms with E-state index in [9.17, 15) is 19.7 Å². The molecule has 0 aliphatic carbocycles. The number of carbonyl (C=O) groups is 2. The lowest BCUT2D eigenvalue weighted by Crippen LogP contribution is -2.45. The number of nitrogens with one attached hydrogen (secondary N) is 1. The lowest BCUT2D eigenvalue weighted by atomic mass is 10.1. The highest BCUT2D eigenvalue weighted by Crippen LogP contribution is 2.34. The normalized spacial score (nSPS) is 16.4. The van der Waals surface area contributed by atoms with Crippen LogP contribution in [0.4, 0.5) is 17.1 Å². The molecule has 1 N–H and O–H groups in total. The van der Waals surface area contributed by atoms with E-state index in [4.69, 9.17) is 9.47 Å². The predicted octanol–water partition coefficient (Wildman–Crippen LogP) is 1.90. The molecule has 10 heteroatoms. The summed E-state index contributed by atoms with van der Waals surface area (Å²) in [4.78, 5) is 39.0. The number of rotatable bonds is 6. The quantitative estimate of drug-likeness (QED) is 0.554. The minimum atomic E-state index is -0.519. The van der Waals surface area contributed by atoms with Crippen LogP contribution in [0.15, 0.2) is 42.5 Å². The lowest BCUT2D eigenvalue weighted by Gasteiger charge is -2.33. The van der Waals surface area contributed by atoms with Crippen molar-refractivity contribution >= 4 is 28.9 Å². The fourth-order valence-electron chi connectivity index (χ4n) is 3.53. The maximum Gasteiger partial charge on any atom is 0.269 e. The third kappa shape index (κ3) is 4.81. The van der Waals surface area contributed by atoms with E-state index in [1.54, 1.807) is 23.1 Å². The summed E-state index contributed by atoms with van der Waals surface area (Å²) in [5.41, 5.74) is 1.38. The number of anilines is 2. The first-order valence-corrected chi connectivity index (χ1v) is 9.94. The molecule has 0 unspecified atom stereocenters. The monoisotopic (exact) mass is 426 g/mol. The number of nitrogens with zero attached hydrogens (tertiary/aromatic N) is 3. The van der Waals surface area contributed by atoms with Crippen LogP contribution >= 0.6 is 0 Å². The van der Waals surface area contributed by atoms with Gasteiger partial charge in [-0.05, 0) is 24.3 Å². The highest BCUT2D eigenvalue weighted by atomic mass is 16.6. The van der Waals surface area contributed by atoms with Crippen LogP contribution in [0.1, 0.15) is 10.4 Å². The van der Waals surface area contributed by atoms with Gasteiger partial charge in [-0.1, -0.05) is 0 Å². The largest absolute Gasteiger partial charge is 0.481 e. The lowest BCUT2D eigenvalue weighted by molar-refractivity contribution is -0.384. The van der Waals surface area contributed by atoms with Gasteiger partial charge in [0, 0.05) is 55.6 Å². The molecule has 2 aromatic rings. The van der Waals surface area contributed by atoms with E-state index in [0.717, 1.165) is 19.6 Å². The highest BCUT2D eigenvalue weighted by Gasteiger charge is 2.26. The second kappa shape index (κ2) is 9.11. The predicted molar refractivity (Wildman–Crippen MR) is 113 cm³/mol. The zero-order valence-corrected chi connectivity index (χ0v) is 16.8. The number of hydrogen-bond acceptors (Lipinski definition) is 7. The van der Waals surface area contributed by atoms with Gasteiger partial charge in [0.25, 0.3) is 17.5 Å². The number of benzene rings is 2. The molecule has 0 bridgehead atoms. The fraction of sp³-hybridized carbons (Fsp3) is 0.333. The van der Waals surface area contributed by atoms with Gasteiger partial charge in [-0.2, -0.15) is 0 Å². The second-order valence-electron chi connectivity index (χ2n) is 7.23. The molecule has 4 rings (SSSR count). The van der Waals surface area contributed by atoms with Crippen molar-refractivity contribution in [3.05, 3.63) is 58.1 Å². The van der Waals surface area contributed by atoms with Crippen molar-refractivity contribution in [3.8, 4) is 5.75 Å². The molecule has 0 radical (unpaired) electrons. The molecule has 162 valence electrons. The Labute approximate surface area is 178 Å². The topological polar surface area (TPSA) is 114 Å². The minimum absolute atomic E-state index is 0.0597. The summed E-state index contributed by atoms with van der Waals surface area (Å²) >= 11 is 0. The Balaban J connectivity index is 1.44. The van der Waals surface area contributed by atoms with Crippen molar-refractivity contribution in [2.75, 3.05) is 56.2 Å². The molecule has 2 heterocycles. The van der Waals surface area contributed by atoms with Crippen molar-refractivity contribution in [1.82, 2.24) is 4.90 Å². The van der Waals surface area contributed by atoms with Crippen LogP contribution in [0.25, 0.3) is 0 Å². The van der Waals surface area contributed by atoms with Gasteiger partial charge in [-0.25, -0.2) is 0 Å². The van der Waals surface area contributed by atoms with Gasteiger partial charge in [0.2, 0.25) is 0 Å². The van der Waals surface area contributed by atoms with E-state index >= 15 is 0 Å². The Morgan fingerprint density at radius 2 is 1.84 bits per heavy atom. The summed E-state index contributed by atoms with van der Waals surface area (Å²) in [6.45, 7) is 4.32. The van der Waals surface area contributed by atoms with Crippen LogP contribution in [0.2, 0.25) is 0 Å². The SMILES string of the molecule is O=C(Nc1ccc2c(c1)OCC(=O)N2CCN1CCOCC1)c1ccc([N+](=O)[O-])cc1. The summed E-state index contributed by atoms with van der Waals surface area (Å²) < 4.78 is 10.9. The molecule has 1 fully saturated rings. The number of fused-ring (bicyclic) bond motifs is 1. The van der Waals surface area contributed by atoms with Crippen LogP contribution in [0, 0.1) is 10.1 Å². The number of nitro groups is 1. The molecule has 0 atom stereocenters. The summed E-state index contributed by atoms with van der Waals surface area (Å²) in [5, 5.41) is 13.5. The van der Waals surface area contributed by atoms with Crippen LogP contribution < -0.4 is 15.0 Å². The Hall–Kier alpha value is -3.50. The molecule has 0 aromatic heterocycles. The average molecular weight is 426 g/mol. The summed E-state index contributed by atoms with van der Waals surface area (Å²) in [6, 6.07) is 10.5. The van der Waals surface area contributed by atoms with E-state index in [0.29, 0.717) is 42.4 Å². The number of non-ortho nitro benzene ring substituents is 1. The van der Waals surface area contributed by atoms with Gasteiger partial charge in [-0.15, -0.1) is 0 Å². The van der Waals surface area contributed by atoms with Crippen molar-refractivity contribution in [2.24, 2.45) is 0 Å². The van der Waals surface area contributed by atoms with Crippen molar-refractivity contribution in [3.63, 3.8) is 0 Å². The van der Waals surface area contributed by atoms with Crippen LogP contribution in [-0.4, -0.2) is 67.6 Å². The van der Waals surface area contributed by atoms with Gasteiger partial charge in [0.15, 0.2) is 6.61 Å².